The number of hydrogen-bond donors (Lipinski definition) is 1. The van der Waals surface area contributed by atoms with Crippen LogP contribution in [0.5, 0.6) is 0 Å². The first kappa shape index (κ1) is 14.9. The second-order valence-corrected chi connectivity index (χ2v) is 5.20. The van der Waals surface area contributed by atoms with Crippen molar-refractivity contribution in [2.75, 3.05) is 25.6 Å². The molecule has 0 saturated carbocycles. The SMILES string of the molecule is COCC(C)n1ccnc1NCCc1ccc(Cl)cc1. The minimum absolute atomic E-state index is 0.264. The minimum Gasteiger partial charge on any atom is -0.383 e. The fraction of sp³-hybridized carbons (Fsp3) is 0.400. The van der Waals surface area contributed by atoms with Crippen molar-refractivity contribution in [3.63, 3.8) is 0 Å². The summed E-state index contributed by atoms with van der Waals surface area (Å²) < 4.78 is 7.27. The van der Waals surface area contributed by atoms with Gasteiger partial charge in [0.05, 0.1) is 12.6 Å². The van der Waals surface area contributed by atoms with E-state index in [9.17, 15) is 0 Å². The quantitative estimate of drug-likeness (QED) is 0.850. The van der Waals surface area contributed by atoms with E-state index < -0.39 is 0 Å². The molecule has 0 fully saturated rings. The number of nitrogens with zero attached hydrogens (tertiary/aromatic N) is 2. The Balaban J connectivity index is 1.88. The number of imidazole rings is 1. The maximum absolute atomic E-state index is 5.87. The number of aromatic nitrogens is 2. The van der Waals surface area contributed by atoms with Crippen LogP contribution in [0.4, 0.5) is 5.95 Å². The Bertz CT molecular complexity index is 524. The van der Waals surface area contributed by atoms with E-state index in [4.69, 9.17) is 16.3 Å². The molecule has 0 aliphatic rings. The van der Waals surface area contributed by atoms with E-state index in [0.29, 0.717) is 6.61 Å². The van der Waals surface area contributed by atoms with Crippen molar-refractivity contribution in [1.29, 1.82) is 0 Å². The molecule has 0 amide bonds. The topological polar surface area (TPSA) is 39.1 Å². The Morgan fingerprint density at radius 2 is 2.10 bits per heavy atom. The van der Waals surface area contributed by atoms with Gasteiger partial charge in [-0.25, -0.2) is 4.98 Å². The number of benzene rings is 1. The van der Waals surface area contributed by atoms with Crippen LogP contribution in [0.2, 0.25) is 5.02 Å². The van der Waals surface area contributed by atoms with Crippen LogP contribution in [-0.2, 0) is 11.2 Å². The van der Waals surface area contributed by atoms with E-state index in [1.807, 2.05) is 30.5 Å². The number of nitrogens with one attached hydrogen (secondary N) is 1. The van der Waals surface area contributed by atoms with Gasteiger partial charge in [-0.05, 0) is 31.0 Å². The molecule has 1 aromatic heterocycles. The van der Waals surface area contributed by atoms with Crippen molar-refractivity contribution >= 4 is 17.5 Å². The summed E-state index contributed by atoms with van der Waals surface area (Å²) in [6, 6.07) is 8.19. The molecule has 2 aromatic rings. The van der Waals surface area contributed by atoms with Gasteiger partial charge in [0.2, 0.25) is 5.95 Å². The van der Waals surface area contributed by atoms with Crippen molar-refractivity contribution in [3.8, 4) is 0 Å². The van der Waals surface area contributed by atoms with Gasteiger partial charge in [0, 0.05) is 31.1 Å². The number of anilines is 1. The number of ether oxygens (including phenoxy) is 1. The van der Waals surface area contributed by atoms with E-state index in [2.05, 4.69) is 21.8 Å². The standard InChI is InChI=1S/C15H20ClN3O/c1-12(11-20-2)19-10-9-18-15(19)17-8-7-13-3-5-14(16)6-4-13/h3-6,9-10,12H,7-8,11H2,1-2H3,(H,17,18). The first-order chi connectivity index (χ1) is 9.70. The molecule has 4 nitrogen and oxygen atoms in total. The van der Waals surface area contributed by atoms with Gasteiger partial charge in [-0.2, -0.15) is 0 Å². The zero-order valence-electron chi connectivity index (χ0n) is 11.8. The van der Waals surface area contributed by atoms with E-state index >= 15 is 0 Å². The van der Waals surface area contributed by atoms with Gasteiger partial charge < -0.3 is 14.6 Å². The van der Waals surface area contributed by atoms with Gasteiger partial charge in [0.25, 0.3) is 0 Å². The third-order valence-corrected chi connectivity index (χ3v) is 3.41. The maximum atomic E-state index is 5.87. The lowest BCUT2D eigenvalue weighted by Gasteiger charge is -2.16. The average molecular weight is 294 g/mol. The minimum atomic E-state index is 0.264. The highest BCUT2D eigenvalue weighted by Crippen LogP contribution is 2.14. The summed E-state index contributed by atoms with van der Waals surface area (Å²) in [7, 11) is 1.71. The smallest absolute Gasteiger partial charge is 0.203 e. The van der Waals surface area contributed by atoms with Crippen molar-refractivity contribution < 1.29 is 4.74 Å². The summed E-state index contributed by atoms with van der Waals surface area (Å²) in [5.41, 5.74) is 1.25. The van der Waals surface area contributed by atoms with Crippen molar-refractivity contribution in [2.24, 2.45) is 0 Å². The summed E-state index contributed by atoms with van der Waals surface area (Å²) in [5, 5.41) is 4.13. The monoisotopic (exact) mass is 293 g/mol. The lowest BCUT2D eigenvalue weighted by molar-refractivity contribution is 0.163. The molecule has 0 aliphatic carbocycles. The zero-order chi connectivity index (χ0) is 14.4. The molecule has 1 heterocycles. The summed E-state index contributed by atoms with van der Waals surface area (Å²) in [4.78, 5) is 4.34. The van der Waals surface area contributed by atoms with Crippen molar-refractivity contribution in [2.45, 2.75) is 19.4 Å². The fourth-order valence-electron chi connectivity index (χ4n) is 2.10. The summed E-state index contributed by atoms with van der Waals surface area (Å²) in [6.07, 6.45) is 4.70. The van der Waals surface area contributed by atoms with Crippen LogP contribution >= 0.6 is 11.6 Å². The molecule has 5 heteroatoms. The molecule has 0 saturated heterocycles. The van der Waals surface area contributed by atoms with Gasteiger partial charge >= 0.3 is 0 Å². The highest BCUT2D eigenvalue weighted by molar-refractivity contribution is 6.30. The van der Waals surface area contributed by atoms with E-state index in [-0.39, 0.29) is 6.04 Å². The van der Waals surface area contributed by atoms with Crippen LogP contribution in [0.15, 0.2) is 36.7 Å². The molecule has 20 heavy (non-hydrogen) atoms. The first-order valence-electron chi connectivity index (χ1n) is 6.71. The molecule has 0 radical (unpaired) electrons. The lowest BCUT2D eigenvalue weighted by Crippen LogP contribution is -2.15. The molecular formula is C15H20ClN3O. The third-order valence-electron chi connectivity index (χ3n) is 3.16. The van der Waals surface area contributed by atoms with E-state index in [0.717, 1.165) is 23.9 Å². The summed E-state index contributed by atoms with van der Waals surface area (Å²) in [5.74, 6) is 0.878. The molecule has 1 unspecified atom stereocenters. The second-order valence-electron chi connectivity index (χ2n) is 4.77. The van der Waals surface area contributed by atoms with Crippen molar-refractivity contribution in [3.05, 3.63) is 47.2 Å². The van der Waals surface area contributed by atoms with Gasteiger partial charge in [-0.1, -0.05) is 23.7 Å². The molecular weight excluding hydrogens is 274 g/mol. The highest BCUT2D eigenvalue weighted by atomic mass is 35.5. The maximum Gasteiger partial charge on any atom is 0.203 e. The second kappa shape index (κ2) is 7.31. The summed E-state index contributed by atoms with van der Waals surface area (Å²) in [6.45, 7) is 3.61. The number of halogens is 1. The normalized spacial score (nSPS) is 12.3. The Kier molecular flexibility index (Phi) is 5.44. The Morgan fingerprint density at radius 3 is 2.80 bits per heavy atom. The van der Waals surface area contributed by atoms with Gasteiger partial charge in [-0.3, -0.25) is 0 Å². The summed E-state index contributed by atoms with van der Waals surface area (Å²) >= 11 is 5.87. The largest absolute Gasteiger partial charge is 0.383 e. The molecule has 0 bridgehead atoms. The van der Waals surface area contributed by atoms with E-state index in [1.54, 1.807) is 13.3 Å². The van der Waals surface area contributed by atoms with Crippen LogP contribution in [-0.4, -0.2) is 29.8 Å². The highest BCUT2D eigenvalue weighted by Gasteiger charge is 2.09. The van der Waals surface area contributed by atoms with Crippen LogP contribution in [0.3, 0.4) is 0 Å². The third kappa shape index (κ3) is 3.99. The Morgan fingerprint density at radius 1 is 1.35 bits per heavy atom. The van der Waals surface area contributed by atoms with Crippen LogP contribution < -0.4 is 5.32 Å². The van der Waals surface area contributed by atoms with Crippen LogP contribution in [0.1, 0.15) is 18.5 Å². The van der Waals surface area contributed by atoms with Crippen LogP contribution in [0, 0.1) is 0 Å². The molecule has 108 valence electrons. The van der Waals surface area contributed by atoms with Crippen LogP contribution in [0.25, 0.3) is 0 Å². The predicted octanol–water partition coefficient (Wildman–Crippen LogP) is 3.40. The first-order valence-corrected chi connectivity index (χ1v) is 7.08. The fourth-order valence-corrected chi connectivity index (χ4v) is 2.22. The molecule has 1 atom stereocenters. The average Bonchev–Trinajstić information content (AvgIpc) is 2.90. The molecule has 1 N–H and O–H groups in total. The number of rotatable bonds is 7. The zero-order valence-corrected chi connectivity index (χ0v) is 12.6. The number of methoxy groups -OCH3 is 1. The molecule has 1 aromatic carbocycles. The number of hydrogen-bond acceptors (Lipinski definition) is 3. The predicted molar refractivity (Wildman–Crippen MR) is 82.5 cm³/mol. The molecule has 2 rings (SSSR count). The van der Waals surface area contributed by atoms with E-state index in [1.165, 1.54) is 5.56 Å². The molecule has 0 aliphatic heterocycles. The van der Waals surface area contributed by atoms with Gasteiger partial charge in [0.15, 0.2) is 0 Å². The molecule has 0 spiro atoms. The van der Waals surface area contributed by atoms with Gasteiger partial charge in [-0.15, -0.1) is 0 Å². The van der Waals surface area contributed by atoms with Crippen molar-refractivity contribution in [1.82, 2.24) is 9.55 Å². The Labute approximate surface area is 124 Å². The lowest BCUT2D eigenvalue weighted by atomic mass is 10.1. The van der Waals surface area contributed by atoms with Gasteiger partial charge in [0.1, 0.15) is 0 Å². The Hall–Kier alpha value is -1.52.